The number of hydrogen-bond acceptors (Lipinski definition) is 4. The maximum absolute atomic E-state index is 12.8. The molecule has 0 saturated heterocycles. The number of rotatable bonds is 6. The highest BCUT2D eigenvalue weighted by atomic mass is 32.1. The molecule has 0 radical (unpaired) electrons. The molecule has 2 N–H and O–H groups in total. The molecule has 0 spiro atoms. The monoisotopic (exact) mass is 305 g/mol. The van der Waals surface area contributed by atoms with E-state index in [1.807, 2.05) is 24.4 Å². The molecule has 1 aromatic carbocycles. The van der Waals surface area contributed by atoms with E-state index in [0.29, 0.717) is 12.1 Å². The highest BCUT2D eigenvalue weighted by Crippen LogP contribution is 2.11. The van der Waals surface area contributed by atoms with Crippen molar-refractivity contribution in [1.29, 1.82) is 0 Å². The van der Waals surface area contributed by atoms with Crippen molar-refractivity contribution in [2.75, 3.05) is 5.32 Å². The van der Waals surface area contributed by atoms with Gasteiger partial charge in [-0.2, -0.15) is 5.10 Å². The molecule has 110 valence electrons. The van der Waals surface area contributed by atoms with E-state index in [2.05, 4.69) is 15.8 Å². The number of carbonyl (C=O) groups is 1. The van der Waals surface area contributed by atoms with Crippen molar-refractivity contribution >= 4 is 29.1 Å². The summed E-state index contributed by atoms with van der Waals surface area (Å²) in [4.78, 5) is 13.0. The van der Waals surface area contributed by atoms with E-state index in [0.717, 1.165) is 4.88 Å². The van der Waals surface area contributed by atoms with Gasteiger partial charge in [0.2, 0.25) is 0 Å². The van der Waals surface area contributed by atoms with Crippen LogP contribution in [-0.2, 0) is 4.79 Å². The summed E-state index contributed by atoms with van der Waals surface area (Å²) in [5.74, 6) is -0.534. The molecule has 0 aliphatic carbocycles. The van der Waals surface area contributed by atoms with Gasteiger partial charge in [-0.05, 0) is 42.1 Å². The largest absolute Gasteiger partial charge is 0.374 e. The van der Waals surface area contributed by atoms with Gasteiger partial charge in [-0.15, -0.1) is 11.3 Å². The maximum Gasteiger partial charge on any atom is 0.262 e. The molecule has 0 unspecified atom stereocenters. The van der Waals surface area contributed by atoms with Gasteiger partial charge in [0.1, 0.15) is 11.9 Å². The molecule has 1 amide bonds. The molecule has 2 aromatic rings. The number of hydrogen-bond donors (Lipinski definition) is 2. The topological polar surface area (TPSA) is 53.5 Å². The van der Waals surface area contributed by atoms with E-state index >= 15 is 0 Å². The standard InChI is InChI=1S/C15H16FN3OS/c1-2-14(18-12-7-5-11(16)6-8-12)15(20)19-17-10-13-4-3-9-21-13/h3-10,14,18H,2H2,1H3,(H,19,20)/b17-10-/t14-/m1/s1. The lowest BCUT2D eigenvalue weighted by atomic mass is 10.2. The first-order chi connectivity index (χ1) is 10.2. The molecule has 4 nitrogen and oxygen atoms in total. The van der Waals surface area contributed by atoms with Gasteiger partial charge < -0.3 is 5.32 Å². The van der Waals surface area contributed by atoms with E-state index in [4.69, 9.17) is 0 Å². The fourth-order valence-electron chi connectivity index (χ4n) is 1.70. The molecule has 0 fully saturated rings. The summed E-state index contributed by atoms with van der Waals surface area (Å²) in [5, 5.41) is 8.91. The molecule has 0 saturated carbocycles. The number of benzene rings is 1. The summed E-state index contributed by atoms with van der Waals surface area (Å²) in [7, 11) is 0. The lowest BCUT2D eigenvalue weighted by Crippen LogP contribution is -2.36. The number of carbonyl (C=O) groups excluding carboxylic acids is 1. The molecule has 6 heteroatoms. The normalized spacial score (nSPS) is 12.3. The first kappa shape index (κ1) is 15.2. The second-order valence-corrected chi connectivity index (χ2v) is 5.34. The Kier molecular flexibility index (Phi) is 5.45. The smallest absolute Gasteiger partial charge is 0.262 e. The summed E-state index contributed by atoms with van der Waals surface area (Å²) in [6.07, 6.45) is 2.20. The van der Waals surface area contributed by atoms with Crippen LogP contribution in [0.3, 0.4) is 0 Å². The number of anilines is 1. The quantitative estimate of drug-likeness (QED) is 0.636. The zero-order chi connectivity index (χ0) is 15.1. The third-order valence-electron chi connectivity index (χ3n) is 2.82. The fraction of sp³-hybridized carbons (Fsp3) is 0.200. The van der Waals surface area contributed by atoms with Crippen molar-refractivity contribution in [2.45, 2.75) is 19.4 Å². The number of hydrazone groups is 1. The van der Waals surface area contributed by atoms with Crippen molar-refractivity contribution < 1.29 is 9.18 Å². The van der Waals surface area contributed by atoms with Crippen molar-refractivity contribution in [1.82, 2.24) is 5.43 Å². The van der Waals surface area contributed by atoms with Crippen molar-refractivity contribution in [3.8, 4) is 0 Å². The first-order valence-electron chi connectivity index (χ1n) is 6.57. The predicted molar refractivity (Wildman–Crippen MR) is 84.2 cm³/mol. The van der Waals surface area contributed by atoms with E-state index in [9.17, 15) is 9.18 Å². The van der Waals surface area contributed by atoms with E-state index in [1.54, 1.807) is 29.7 Å². The van der Waals surface area contributed by atoms with E-state index in [1.165, 1.54) is 12.1 Å². The van der Waals surface area contributed by atoms with Gasteiger partial charge in [-0.3, -0.25) is 4.79 Å². The minimum atomic E-state index is -0.420. The molecular formula is C15H16FN3OS. The summed E-state index contributed by atoms with van der Waals surface area (Å²) in [6, 6.07) is 9.30. The second-order valence-electron chi connectivity index (χ2n) is 4.36. The fourth-order valence-corrected chi connectivity index (χ4v) is 2.29. The van der Waals surface area contributed by atoms with E-state index in [-0.39, 0.29) is 11.7 Å². The Morgan fingerprint density at radius 2 is 2.14 bits per heavy atom. The van der Waals surface area contributed by atoms with Crippen LogP contribution in [0.15, 0.2) is 46.9 Å². The van der Waals surface area contributed by atoms with Crippen LogP contribution in [0, 0.1) is 5.82 Å². The molecule has 0 aliphatic heterocycles. The van der Waals surface area contributed by atoms with Gasteiger partial charge in [-0.25, -0.2) is 9.82 Å². The van der Waals surface area contributed by atoms with Crippen LogP contribution in [0.5, 0.6) is 0 Å². The molecule has 1 aromatic heterocycles. The third-order valence-corrected chi connectivity index (χ3v) is 3.63. The summed E-state index contributed by atoms with van der Waals surface area (Å²) < 4.78 is 12.8. The van der Waals surface area contributed by atoms with Gasteiger partial charge in [0.15, 0.2) is 0 Å². The minimum Gasteiger partial charge on any atom is -0.374 e. The van der Waals surface area contributed by atoms with Gasteiger partial charge in [0.25, 0.3) is 5.91 Å². The lowest BCUT2D eigenvalue weighted by molar-refractivity contribution is -0.121. The molecule has 21 heavy (non-hydrogen) atoms. The summed E-state index contributed by atoms with van der Waals surface area (Å²) in [6.45, 7) is 1.89. The van der Waals surface area contributed by atoms with Crippen LogP contribution < -0.4 is 10.7 Å². The highest BCUT2D eigenvalue weighted by molar-refractivity contribution is 7.11. The Bertz CT molecular complexity index is 596. The van der Waals surface area contributed by atoms with Crippen LogP contribution in [0.1, 0.15) is 18.2 Å². The predicted octanol–water partition coefficient (Wildman–Crippen LogP) is 3.23. The molecule has 2 rings (SSSR count). The Morgan fingerprint density at radius 3 is 2.76 bits per heavy atom. The van der Waals surface area contributed by atoms with Crippen LogP contribution in [0.4, 0.5) is 10.1 Å². The SMILES string of the molecule is CC[C@@H](Nc1ccc(F)cc1)C(=O)N/N=C\c1cccs1. The van der Waals surface area contributed by atoms with Gasteiger partial charge in [0, 0.05) is 10.6 Å². The Labute approximate surface area is 126 Å². The number of nitrogens with one attached hydrogen (secondary N) is 2. The summed E-state index contributed by atoms with van der Waals surface area (Å²) >= 11 is 1.54. The van der Waals surface area contributed by atoms with Crippen molar-refractivity contribution in [3.05, 3.63) is 52.5 Å². The van der Waals surface area contributed by atoms with Crippen molar-refractivity contribution in [3.63, 3.8) is 0 Å². The van der Waals surface area contributed by atoms with Crippen LogP contribution >= 0.6 is 11.3 Å². The zero-order valence-corrected chi connectivity index (χ0v) is 12.4. The average Bonchev–Trinajstić information content (AvgIpc) is 3.00. The molecule has 1 atom stereocenters. The van der Waals surface area contributed by atoms with Gasteiger partial charge >= 0.3 is 0 Å². The number of nitrogens with zero attached hydrogens (tertiary/aromatic N) is 1. The summed E-state index contributed by atoms with van der Waals surface area (Å²) in [5.41, 5.74) is 3.20. The molecule has 0 aliphatic rings. The first-order valence-corrected chi connectivity index (χ1v) is 7.45. The Balaban J connectivity index is 1.90. The number of thiophene rings is 1. The van der Waals surface area contributed by atoms with Crippen molar-refractivity contribution in [2.24, 2.45) is 5.10 Å². The second kappa shape index (κ2) is 7.54. The molecule has 1 heterocycles. The maximum atomic E-state index is 12.8. The minimum absolute atomic E-state index is 0.227. The number of halogens is 1. The number of amides is 1. The molecular weight excluding hydrogens is 289 g/mol. The average molecular weight is 305 g/mol. The zero-order valence-electron chi connectivity index (χ0n) is 11.5. The Hall–Kier alpha value is -2.21. The highest BCUT2D eigenvalue weighted by Gasteiger charge is 2.15. The van der Waals surface area contributed by atoms with Gasteiger partial charge in [0.05, 0.1) is 6.21 Å². The van der Waals surface area contributed by atoms with Crippen LogP contribution in [0.2, 0.25) is 0 Å². The molecule has 0 bridgehead atoms. The third kappa shape index (κ3) is 4.68. The van der Waals surface area contributed by atoms with Crippen LogP contribution in [0.25, 0.3) is 0 Å². The Morgan fingerprint density at radius 1 is 1.38 bits per heavy atom. The van der Waals surface area contributed by atoms with Gasteiger partial charge in [-0.1, -0.05) is 13.0 Å². The van der Waals surface area contributed by atoms with Crippen LogP contribution in [-0.4, -0.2) is 18.2 Å². The lowest BCUT2D eigenvalue weighted by Gasteiger charge is -2.16. The van der Waals surface area contributed by atoms with E-state index < -0.39 is 6.04 Å².